The molecule has 1 saturated heterocycles. The molecule has 1 heterocycles. The number of hydrogen-bond donors (Lipinski definition) is 0. The van der Waals surface area contributed by atoms with Gasteiger partial charge in [-0.3, -0.25) is 9.69 Å². The van der Waals surface area contributed by atoms with Crippen LogP contribution in [0.3, 0.4) is 0 Å². The van der Waals surface area contributed by atoms with Crippen LogP contribution in [0.5, 0.6) is 0 Å². The molecule has 3 rings (SSSR count). The standard InChI is InChI=1S/C20H26F3NO3/c21-20(22,23)18-9-5-4-8-17(18)19(25)27-14-16-13-24(10-11-26-16)12-15-6-2-1-3-7-15/h1-3,6-7,16-18H,4-5,8-14H2. The molecule has 3 atom stereocenters. The molecule has 1 aromatic carbocycles. The Morgan fingerprint density at radius 3 is 2.67 bits per heavy atom. The molecule has 2 aliphatic rings. The predicted octanol–water partition coefficient (Wildman–Crippen LogP) is 3.80. The van der Waals surface area contributed by atoms with E-state index in [1.54, 1.807) is 0 Å². The fourth-order valence-corrected chi connectivity index (χ4v) is 3.95. The van der Waals surface area contributed by atoms with Crippen molar-refractivity contribution in [1.29, 1.82) is 0 Å². The van der Waals surface area contributed by atoms with Gasteiger partial charge in [-0.05, 0) is 18.4 Å². The number of carbonyl (C=O) groups excluding carboxylic acids is 1. The Bertz CT molecular complexity index is 608. The highest BCUT2D eigenvalue weighted by molar-refractivity contribution is 5.73. The second-order valence-corrected chi connectivity index (χ2v) is 7.38. The highest BCUT2D eigenvalue weighted by Crippen LogP contribution is 2.41. The third-order valence-electron chi connectivity index (χ3n) is 5.37. The summed E-state index contributed by atoms with van der Waals surface area (Å²) in [6.45, 7) is 2.66. The lowest BCUT2D eigenvalue weighted by molar-refractivity contribution is -0.206. The molecule has 1 aromatic rings. The fraction of sp³-hybridized carbons (Fsp3) is 0.650. The average molecular weight is 385 g/mol. The molecule has 0 aromatic heterocycles. The Labute approximate surface area is 157 Å². The second-order valence-electron chi connectivity index (χ2n) is 7.38. The van der Waals surface area contributed by atoms with Crippen molar-refractivity contribution in [1.82, 2.24) is 4.90 Å². The molecule has 1 saturated carbocycles. The van der Waals surface area contributed by atoms with Crippen LogP contribution in [0.25, 0.3) is 0 Å². The minimum atomic E-state index is -4.35. The lowest BCUT2D eigenvalue weighted by Gasteiger charge is -2.34. The van der Waals surface area contributed by atoms with Crippen LogP contribution >= 0.6 is 0 Å². The maximum atomic E-state index is 13.2. The molecule has 27 heavy (non-hydrogen) atoms. The number of rotatable bonds is 5. The number of morpholine rings is 1. The molecule has 0 amide bonds. The number of hydrogen-bond acceptors (Lipinski definition) is 4. The second kappa shape index (κ2) is 9.06. The van der Waals surface area contributed by atoms with Gasteiger partial charge in [0.05, 0.1) is 18.4 Å². The van der Waals surface area contributed by atoms with Gasteiger partial charge in [-0.25, -0.2) is 0 Å². The summed E-state index contributed by atoms with van der Waals surface area (Å²) >= 11 is 0. The zero-order valence-electron chi connectivity index (χ0n) is 15.3. The zero-order valence-corrected chi connectivity index (χ0v) is 15.3. The SMILES string of the molecule is O=C(OCC1CN(Cc2ccccc2)CCO1)C1CCCCC1C(F)(F)F. The van der Waals surface area contributed by atoms with E-state index in [4.69, 9.17) is 9.47 Å². The van der Waals surface area contributed by atoms with Gasteiger partial charge in [0.15, 0.2) is 0 Å². The Hall–Kier alpha value is -1.60. The zero-order chi connectivity index (χ0) is 19.3. The van der Waals surface area contributed by atoms with E-state index in [-0.39, 0.29) is 25.6 Å². The fourth-order valence-electron chi connectivity index (χ4n) is 3.95. The van der Waals surface area contributed by atoms with Gasteiger partial charge in [-0.1, -0.05) is 43.2 Å². The number of carbonyl (C=O) groups is 1. The van der Waals surface area contributed by atoms with E-state index >= 15 is 0 Å². The molecular weight excluding hydrogens is 359 g/mol. The first-order valence-electron chi connectivity index (χ1n) is 9.54. The van der Waals surface area contributed by atoms with Crippen molar-refractivity contribution >= 4 is 5.97 Å². The minimum Gasteiger partial charge on any atom is -0.463 e. The molecule has 150 valence electrons. The number of nitrogens with zero attached hydrogens (tertiary/aromatic N) is 1. The van der Waals surface area contributed by atoms with Crippen molar-refractivity contribution in [2.75, 3.05) is 26.3 Å². The third-order valence-corrected chi connectivity index (χ3v) is 5.37. The Kier molecular flexibility index (Phi) is 6.76. The van der Waals surface area contributed by atoms with E-state index in [0.29, 0.717) is 26.0 Å². The minimum absolute atomic E-state index is 0.00516. The molecule has 0 spiro atoms. The summed E-state index contributed by atoms with van der Waals surface area (Å²) in [5.74, 6) is -3.40. The molecule has 1 aliphatic heterocycles. The van der Waals surface area contributed by atoms with Crippen LogP contribution < -0.4 is 0 Å². The van der Waals surface area contributed by atoms with E-state index in [9.17, 15) is 18.0 Å². The molecular formula is C20H26F3NO3. The number of benzene rings is 1. The van der Waals surface area contributed by atoms with Gasteiger partial charge >= 0.3 is 12.1 Å². The average Bonchev–Trinajstić information content (AvgIpc) is 2.66. The molecule has 2 fully saturated rings. The van der Waals surface area contributed by atoms with Gasteiger partial charge < -0.3 is 9.47 Å². The van der Waals surface area contributed by atoms with E-state index in [0.717, 1.165) is 13.1 Å². The third kappa shape index (κ3) is 5.69. The summed E-state index contributed by atoms with van der Waals surface area (Å²) in [5.41, 5.74) is 1.19. The summed E-state index contributed by atoms with van der Waals surface area (Å²) < 4.78 is 50.4. The van der Waals surface area contributed by atoms with Crippen LogP contribution in [0.2, 0.25) is 0 Å². The predicted molar refractivity (Wildman–Crippen MR) is 93.9 cm³/mol. The van der Waals surface area contributed by atoms with Crippen molar-refractivity contribution in [3.05, 3.63) is 35.9 Å². The van der Waals surface area contributed by atoms with Gasteiger partial charge in [-0.15, -0.1) is 0 Å². The lowest BCUT2D eigenvalue weighted by Crippen LogP contribution is -2.45. The van der Waals surface area contributed by atoms with Gasteiger partial charge in [0.2, 0.25) is 0 Å². The van der Waals surface area contributed by atoms with E-state index in [1.807, 2.05) is 30.3 Å². The van der Waals surface area contributed by atoms with Crippen molar-refractivity contribution in [2.45, 2.75) is 44.5 Å². The maximum Gasteiger partial charge on any atom is 0.392 e. The molecule has 0 radical (unpaired) electrons. The van der Waals surface area contributed by atoms with Crippen LogP contribution in [0.1, 0.15) is 31.2 Å². The summed E-state index contributed by atoms with van der Waals surface area (Å²) in [7, 11) is 0. The van der Waals surface area contributed by atoms with Crippen LogP contribution in [-0.2, 0) is 20.8 Å². The summed E-state index contributed by atoms with van der Waals surface area (Å²) in [6, 6.07) is 10.0. The Morgan fingerprint density at radius 2 is 1.93 bits per heavy atom. The first-order chi connectivity index (χ1) is 12.9. The van der Waals surface area contributed by atoms with E-state index < -0.39 is 24.0 Å². The van der Waals surface area contributed by atoms with Crippen LogP contribution in [0, 0.1) is 11.8 Å². The summed E-state index contributed by atoms with van der Waals surface area (Å²) in [6.07, 6.45) is -3.26. The van der Waals surface area contributed by atoms with E-state index in [2.05, 4.69) is 4.90 Å². The Morgan fingerprint density at radius 1 is 1.19 bits per heavy atom. The maximum absolute atomic E-state index is 13.2. The van der Waals surface area contributed by atoms with Crippen LogP contribution in [0.4, 0.5) is 13.2 Å². The highest BCUT2D eigenvalue weighted by atomic mass is 19.4. The number of halogens is 3. The molecule has 1 aliphatic carbocycles. The quantitative estimate of drug-likeness (QED) is 0.723. The largest absolute Gasteiger partial charge is 0.463 e. The topological polar surface area (TPSA) is 38.8 Å². The van der Waals surface area contributed by atoms with Gasteiger partial charge in [0, 0.05) is 19.6 Å². The first-order valence-corrected chi connectivity index (χ1v) is 9.54. The van der Waals surface area contributed by atoms with Crippen molar-refractivity contribution in [3.8, 4) is 0 Å². The van der Waals surface area contributed by atoms with Crippen molar-refractivity contribution in [2.24, 2.45) is 11.8 Å². The van der Waals surface area contributed by atoms with Crippen LogP contribution in [0.15, 0.2) is 30.3 Å². The number of alkyl halides is 3. The highest BCUT2D eigenvalue weighted by Gasteiger charge is 2.48. The Balaban J connectivity index is 1.49. The van der Waals surface area contributed by atoms with E-state index in [1.165, 1.54) is 5.56 Å². The van der Waals surface area contributed by atoms with Gasteiger partial charge in [0.1, 0.15) is 12.7 Å². The molecule has 7 heteroatoms. The summed E-state index contributed by atoms with van der Waals surface area (Å²) in [4.78, 5) is 14.5. The first kappa shape index (κ1) is 20.1. The number of ether oxygens (including phenoxy) is 2. The van der Waals surface area contributed by atoms with Gasteiger partial charge in [-0.2, -0.15) is 13.2 Å². The monoisotopic (exact) mass is 385 g/mol. The van der Waals surface area contributed by atoms with Crippen molar-refractivity contribution < 1.29 is 27.4 Å². The molecule has 0 bridgehead atoms. The summed E-state index contributed by atoms with van der Waals surface area (Å²) in [5, 5.41) is 0. The molecule has 4 nitrogen and oxygen atoms in total. The van der Waals surface area contributed by atoms with Crippen LogP contribution in [-0.4, -0.2) is 49.5 Å². The van der Waals surface area contributed by atoms with Crippen molar-refractivity contribution in [3.63, 3.8) is 0 Å². The number of esters is 1. The van der Waals surface area contributed by atoms with Gasteiger partial charge in [0.25, 0.3) is 0 Å². The molecule has 0 N–H and O–H groups in total. The normalized spacial score (nSPS) is 27.3. The smallest absolute Gasteiger partial charge is 0.392 e. The lowest BCUT2D eigenvalue weighted by atomic mass is 9.79. The molecule has 3 unspecified atom stereocenters.